The van der Waals surface area contributed by atoms with Gasteiger partial charge >= 0.3 is 18.2 Å². The highest BCUT2D eigenvalue weighted by Crippen LogP contribution is 2.44. The summed E-state index contributed by atoms with van der Waals surface area (Å²) in [7, 11) is 0. The van der Waals surface area contributed by atoms with E-state index in [0.717, 1.165) is 33.4 Å². The average molecular weight is 945 g/mol. The highest BCUT2D eigenvalue weighted by Gasteiger charge is 2.34. The van der Waals surface area contributed by atoms with E-state index >= 15 is 0 Å². The van der Waals surface area contributed by atoms with Crippen LogP contribution < -0.4 is 32.0 Å². The maximum Gasteiger partial charge on any atom is 0.407 e. The van der Waals surface area contributed by atoms with E-state index in [1.807, 2.05) is 116 Å². The minimum Gasteiger partial charge on any atom is -0.449 e. The Morgan fingerprint density at radius 2 is 1.29 bits per heavy atom. The number of ketones is 1. The molecule has 0 bridgehead atoms. The van der Waals surface area contributed by atoms with Crippen molar-refractivity contribution in [1.29, 1.82) is 0 Å². The highest BCUT2D eigenvalue weighted by atomic mass is 16.6. The molecular weight excluding hydrogens is 881 g/mol. The largest absolute Gasteiger partial charge is 0.449 e. The molecule has 2 unspecified atom stereocenters. The van der Waals surface area contributed by atoms with Gasteiger partial charge in [-0.05, 0) is 73.4 Å². The molecule has 5 rings (SSSR count). The van der Waals surface area contributed by atoms with E-state index in [0.29, 0.717) is 6.42 Å². The number of amides is 7. The lowest BCUT2D eigenvalue weighted by atomic mass is 9.98. The second-order valence-corrected chi connectivity index (χ2v) is 18.0. The van der Waals surface area contributed by atoms with Crippen molar-refractivity contribution in [2.24, 2.45) is 11.0 Å². The van der Waals surface area contributed by atoms with E-state index in [9.17, 15) is 33.6 Å². The van der Waals surface area contributed by atoms with Gasteiger partial charge in [-0.3, -0.25) is 19.2 Å². The topological polar surface area (TPSA) is 226 Å². The smallest absolute Gasteiger partial charge is 0.407 e. The lowest BCUT2D eigenvalue weighted by molar-refractivity contribution is -0.138. The molecule has 17 heteroatoms. The van der Waals surface area contributed by atoms with Gasteiger partial charge in [-0.25, -0.2) is 19.8 Å². The molecule has 0 heterocycles. The molecule has 6 N–H and O–H groups in total. The van der Waals surface area contributed by atoms with Gasteiger partial charge in [-0.2, -0.15) is 5.10 Å². The first-order valence-corrected chi connectivity index (χ1v) is 23.1. The lowest BCUT2D eigenvalue weighted by Gasteiger charge is -2.30. The number of carbonyl (C=O) groups is 7. The number of nitrogens with one attached hydrogen (secondary N) is 6. The standard InChI is InChI=1S/C52H64N8O9/c1-8-19-42(46(47(63)54-30-34(4)61)58-59-49(65)56-45(35-20-11-9-12-21-35)36-22-13-10-14-23-36)55-43(62)31-60(29-28-53-50(66)69-52(5,6)7)48(64)44(33(2)3)57-51(67)68-32-41-39-26-17-15-24-37(39)38-25-16-18-27-40(38)41/h9-18,20-27,33,41-42,44-45H,8,19,28-32H2,1-7H3,(H,53,66)(H,54,63)(H,55,62)(H,57,67)(H2,56,59,65). The first-order chi connectivity index (χ1) is 32.9. The van der Waals surface area contributed by atoms with E-state index in [1.165, 1.54) is 11.8 Å². The zero-order chi connectivity index (χ0) is 50.1. The maximum atomic E-state index is 14.5. The average Bonchev–Trinajstić information content (AvgIpc) is 3.63. The number of carbonyl (C=O) groups excluding carboxylic acids is 7. The molecule has 0 saturated heterocycles. The number of Topliss-reactive ketones (excluding diaryl/α,β-unsaturated/α-hetero) is 1. The van der Waals surface area contributed by atoms with Crippen LogP contribution in [0.1, 0.15) is 95.5 Å². The van der Waals surface area contributed by atoms with Gasteiger partial charge in [0.1, 0.15) is 29.7 Å². The summed E-state index contributed by atoms with van der Waals surface area (Å²) in [6.45, 7) is 10.4. The monoisotopic (exact) mass is 944 g/mol. The van der Waals surface area contributed by atoms with Crippen molar-refractivity contribution in [2.45, 2.75) is 91.0 Å². The third kappa shape index (κ3) is 15.5. The van der Waals surface area contributed by atoms with E-state index < -0.39 is 72.1 Å². The first-order valence-electron chi connectivity index (χ1n) is 23.1. The Labute approximate surface area is 403 Å². The molecule has 69 heavy (non-hydrogen) atoms. The van der Waals surface area contributed by atoms with Gasteiger partial charge < -0.3 is 41.0 Å². The summed E-state index contributed by atoms with van der Waals surface area (Å²) in [5, 5.41) is 17.7. The van der Waals surface area contributed by atoms with E-state index in [-0.39, 0.29) is 50.1 Å². The predicted octanol–water partition coefficient (Wildman–Crippen LogP) is 6.34. The molecule has 4 aromatic rings. The van der Waals surface area contributed by atoms with Gasteiger partial charge in [0.05, 0.1) is 25.2 Å². The maximum absolute atomic E-state index is 14.5. The van der Waals surface area contributed by atoms with Crippen molar-refractivity contribution in [3.63, 3.8) is 0 Å². The molecule has 0 fully saturated rings. The van der Waals surface area contributed by atoms with Crippen LogP contribution in [-0.4, -0.2) is 103 Å². The van der Waals surface area contributed by atoms with Crippen molar-refractivity contribution in [3.05, 3.63) is 131 Å². The van der Waals surface area contributed by atoms with Crippen LogP contribution in [0.3, 0.4) is 0 Å². The molecule has 0 aromatic heterocycles. The number of hydrazone groups is 1. The van der Waals surface area contributed by atoms with E-state index in [4.69, 9.17) is 9.47 Å². The van der Waals surface area contributed by atoms with Crippen molar-refractivity contribution >= 4 is 47.4 Å². The van der Waals surface area contributed by atoms with E-state index in [2.05, 4.69) is 37.1 Å². The Bertz CT molecular complexity index is 2370. The van der Waals surface area contributed by atoms with E-state index in [1.54, 1.807) is 34.6 Å². The Morgan fingerprint density at radius 3 is 1.83 bits per heavy atom. The Morgan fingerprint density at radius 1 is 0.725 bits per heavy atom. The second kappa shape index (κ2) is 25.0. The van der Waals surface area contributed by atoms with Gasteiger partial charge in [0, 0.05) is 19.0 Å². The third-order valence-electron chi connectivity index (χ3n) is 11.0. The summed E-state index contributed by atoms with van der Waals surface area (Å²) < 4.78 is 11.1. The number of ether oxygens (including phenoxy) is 2. The number of rotatable bonds is 21. The molecule has 0 radical (unpaired) electrons. The van der Waals surface area contributed by atoms with Crippen molar-refractivity contribution < 1.29 is 43.0 Å². The van der Waals surface area contributed by atoms with Crippen molar-refractivity contribution in [1.82, 2.24) is 36.9 Å². The first kappa shape index (κ1) is 52.4. The van der Waals surface area contributed by atoms with Crippen LogP contribution in [0, 0.1) is 5.92 Å². The Kier molecular flexibility index (Phi) is 19.0. The summed E-state index contributed by atoms with van der Waals surface area (Å²) in [6.07, 6.45) is -0.991. The summed E-state index contributed by atoms with van der Waals surface area (Å²) in [6, 6.07) is 30.7. The normalized spacial score (nSPS) is 13.0. The number of urea groups is 1. The van der Waals surface area contributed by atoms with Crippen LogP contribution in [0.15, 0.2) is 114 Å². The van der Waals surface area contributed by atoms with Crippen molar-refractivity contribution in [2.75, 3.05) is 32.8 Å². The minimum atomic E-state index is -1.17. The zero-order valence-electron chi connectivity index (χ0n) is 40.3. The predicted molar refractivity (Wildman–Crippen MR) is 262 cm³/mol. The van der Waals surface area contributed by atoms with Crippen LogP contribution >= 0.6 is 0 Å². The molecule has 0 spiro atoms. The Hall–Kier alpha value is -7.56. The van der Waals surface area contributed by atoms with Gasteiger partial charge in [0.15, 0.2) is 0 Å². The summed E-state index contributed by atoms with van der Waals surface area (Å²) in [5.41, 5.74) is 7.00. The molecule has 17 nitrogen and oxygen atoms in total. The minimum absolute atomic E-state index is 0.00461. The number of benzene rings is 4. The zero-order valence-corrected chi connectivity index (χ0v) is 40.3. The summed E-state index contributed by atoms with van der Waals surface area (Å²) in [5.74, 6) is -3.27. The second-order valence-electron chi connectivity index (χ2n) is 18.0. The molecule has 7 amide bonds. The molecule has 366 valence electrons. The number of hydrogen-bond acceptors (Lipinski definition) is 10. The van der Waals surface area contributed by atoms with Crippen LogP contribution in [-0.2, 0) is 28.7 Å². The molecule has 1 aliphatic rings. The summed E-state index contributed by atoms with van der Waals surface area (Å²) >= 11 is 0. The van der Waals surface area contributed by atoms with Gasteiger partial charge in [-0.1, -0.05) is 136 Å². The van der Waals surface area contributed by atoms with Gasteiger partial charge in [0.25, 0.3) is 5.91 Å². The molecular formula is C52H64N8O9. The molecule has 1 aliphatic carbocycles. The SMILES string of the molecule is CCCC(NC(=O)CN(CCNC(=O)OC(C)(C)C)C(=O)C(NC(=O)OCC1c2ccccc2-c2ccccc21)C(C)C)C(=NNC(=O)NC(c1ccccc1)c1ccccc1)C(=O)NCC(C)=O. The Balaban J connectivity index is 1.34. The quantitative estimate of drug-likeness (QED) is 0.0405. The van der Waals surface area contributed by atoms with Crippen LogP contribution in [0.25, 0.3) is 11.1 Å². The van der Waals surface area contributed by atoms with Crippen molar-refractivity contribution in [3.8, 4) is 11.1 Å². The number of alkyl carbamates (subject to hydrolysis) is 2. The van der Waals surface area contributed by atoms with Gasteiger partial charge in [-0.15, -0.1) is 0 Å². The van der Waals surface area contributed by atoms with Crippen LogP contribution in [0.5, 0.6) is 0 Å². The van der Waals surface area contributed by atoms with Gasteiger partial charge in [0.2, 0.25) is 11.8 Å². The van der Waals surface area contributed by atoms with Crippen LogP contribution in [0.2, 0.25) is 0 Å². The lowest BCUT2D eigenvalue weighted by Crippen LogP contribution is -2.56. The third-order valence-corrected chi connectivity index (χ3v) is 11.0. The molecule has 2 atom stereocenters. The fraction of sp³-hybridized carbons (Fsp3) is 0.385. The number of nitrogens with zero attached hydrogens (tertiary/aromatic N) is 2. The molecule has 0 aliphatic heterocycles. The van der Waals surface area contributed by atoms with Crippen LogP contribution in [0.4, 0.5) is 14.4 Å². The number of fused-ring (bicyclic) bond motifs is 3. The fourth-order valence-electron chi connectivity index (χ4n) is 7.84. The number of hydrogen-bond donors (Lipinski definition) is 6. The molecule has 4 aromatic carbocycles. The summed E-state index contributed by atoms with van der Waals surface area (Å²) in [4.78, 5) is 95.1. The fourth-order valence-corrected chi connectivity index (χ4v) is 7.84. The molecule has 0 saturated carbocycles. The highest BCUT2D eigenvalue weighted by molar-refractivity contribution is 6.41.